The lowest BCUT2D eigenvalue weighted by atomic mass is 9.93. The summed E-state index contributed by atoms with van der Waals surface area (Å²) in [7, 11) is 1.60. The summed E-state index contributed by atoms with van der Waals surface area (Å²) < 4.78 is 13.2. The third-order valence-electron chi connectivity index (χ3n) is 4.91. The van der Waals surface area contributed by atoms with E-state index in [1.54, 1.807) is 18.7 Å². The molecule has 2 heterocycles. The van der Waals surface area contributed by atoms with Crippen molar-refractivity contribution in [2.75, 3.05) is 12.4 Å². The molecule has 0 unspecified atom stereocenters. The molecule has 148 valence electrons. The maximum Gasteiger partial charge on any atom is 0.226 e. The first-order valence-electron chi connectivity index (χ1n) is 9.31. The predicted molar refractivity (Wildman–Crippen MR) is 109 cm³/mol. The number of carbonyl (C=O) groups is 1. The average Bonchev–Trinajstić information content (AvgIpc) is 3.19. The quantitative estimate of drug-likeness (QED) is 0.691. The summed E-state index contributed by atoms with van der Waals surface area (Å²) in [6.07, 6.45) is 1.47. The van der Waals surface area contributed by atoms with Crippen LogP contribution in [0.3, 0.4) is 0 Å². The first-order chi connectivity index (χ1) is 14.1. The molecule has 0 saturated carbocycles. The van der Waals surface area contributed by atoms with Gasteiger partial charge in [0.05, 0.1) is 7.11 Å². The van der Waals surface area contributed by atoms with E-state index in [9.17, 15) is 4.79 Å². The van der Waals surface area contributed by atoms with Gasteiger partial charge in [0.25, 0.3) is 0 Å². The minimum absolute atomic E-state index is 0.0236. The Bertz CT molecular complexity index is 1070. The zero-order valence-corrected chi connectivity index (χ0v) is 16.5. The summed E-state index contributed by atoms with van der Waals surface area (Å²) in [6, 6.07) is 15.2. The second-order valence-electron chi connectivity index (χ2n) is 6.84. The van der Waals surface area contributed by atoms with Gasteiger partial charge in [-0.3, -0.25) is 4.79 Å². The second kappa shape index (κ2) is 7.79. The molecule has 1 atom stereocenters. The van der Waals surface area contributed by atoms with Crippen LogP contribution in [0.5, 0.6) is 11.5 Å². The normalized spacial score (nSPS) is 15.5. The Labute approximate surface area is 169 Å². The third kappa shape index (κ3) is 3.59. The Kier molecular flexibility index (Phi) is 5.03. The van der Waals surface area contributed by atoms with Crippen LogP contribution in [0.2, 0.25) is 0 Å². The van der Waals surface area contributed by atoms with Gasteiger partial charge >= 0.3 is 0 Å². The van der Waals surface area contributed by atoms with Gasteiger partial charge in [0.1, 0.15) is 19.0 Å². The van der Waals surface area contributed by atoms with Crippen LogP contribution in [0.15, 0.2) is 66.1 Å². The van der Waals surface area contributed by atoms with Gasteiger partial charge < -0.3 is 14.8 Å². The van der Waals surface area contributed by atoms with Gasteiger partial charge in [-0.25, -0.2) is 4.68 Å². The van der Waals surface area contributed by atoms with Crippen LogP contribution in [0, 0.1) is 0 Å². The molecule has 2 aromatic carbocycles. The molecule has 0 amide bonds. The third-order valence-corrected chi connectivity index (χ3v) is 4.91. The molecule has 1 aliphatic rings. The molecule has 0 aliphatic carbocycles. The molecule has 0 bridgehead atoms. The summed E-state index contributed by atoms with van der Waals surface area (Å²) in [5, 5.41) is 7.46. The minimum Gasteiger partial charge on any atom is -0.493 e. The smallest absolute Gasteiger partial charge is 0.226 e. The van der Waals surface area contributed by atoms with E-state index in [1.807, 2.05) is 55.5 Å². The van der Waals surface area contributed by atoms with Gasteiger partial charge in [-0.05, 0) is 37.1 Å². The zero-order chi connectivity index (χ0) is 20.4. The highest BCUT2D eigenvalue weighted by Gasteiger charge is 2.32. The molecule has 0 saturated heterocycles. The number of aromatic nitrogens is 3. The van der Waals surface area contributed by atoms with E-state index in [1.165, 1.54) is 6.33 Å². The second-order valence-corrected chi connectivity index (χ2v) is 6.84. The van der Waals surface area contributed by atoms with Crippen molar-refractivity contribution in [2.24, 2.45) is 0 Å². The van der Waals surface area contributed by atoms with Crippen molar-refractivity contribution in [2.45, 2.75) is 26.5 Å². The van der Waals surface area contributed by atoms with E-state index < -0.39 is 0 Å². The van der Waals surface area contributed by atoms with E-state index in [0.29, 0.717) is 29.6 Å². The maximum absolute atomic E-state index is 12.4. The monoisotopic (exact) mass is 390 g/mol. The van der Waals surface area contributed by atoms with Crippen LogP contribution in [-0.2, 0) is 11.4 Å². The summed E-state index contributed by atoms with van der Waals surface area (Å²) in [5.41, 5.74) is 3.35. The largest absolute Gasteiger partial charge is 0.493 e. The standard InChI is InChI=1S/C22H22N4O3/c1-14-20(15(2)27)21(26-22(25-14)23-13-24-26)17-9-10-18(19(11-17)28-3)29-12-16-7-5-4-6-8-16/h4-11,13,21H,12H2,1-3H3,(H,23,24,25)/t21-/m0/s1. The van der Waals surface area contributed by atoms with Gasteiger partial charge in [0.2, 0.25) is 5.95 Å². The lowest BCUT2D eigenvalue weighted by molar-refractivity contribution is -0.114. The molecular weight excluding hydrogens is 368 g/mol. The molecule has 1 aromatic heterocycles. The molecule has 3 aromatic rings. The van der Waals surface area contributed by atoms with Crippen molar-refractivity contribution in [1.82, 2.24) is 14.8 Å². The number of nitrogens with zero attached hydrogens (tertiary/aromatic N) is 3. The summed E-state index contributed by atoms with van der Waals surface area (Å²) in [6.45, 7) is 3.87. The highest BCUT2D eigenvalue weighted by atomic mass is 16.5. The van der Waals surface area contributed by atoms with Crippen LogP contribution in [0.1, 0.15) is 31.0 Å². The topological polar surface area (TPSA) is 78.3 Å². The van der Waals surface area contributed by atoms with Gasteiger partial charge in [0.15, 0.2) is 17.3 Å². The Balaban J connectivity index is 1.69. The Morgan fingerprint density at radius 2 is 1.97 bits per heavy atom. The fourth-order valence-corrected chi connectivity index (χ4v) is 3.56. The van der Waals surface area contributed by atoms with Gasteiger partial charge in [-0.1, -0.05) is 36.4 Å². The van der Waals surface area contributed by atoms with Crippen molar-refractivity contribution < 1.29 is 14.3 Å². The molecule has 7 nitrogen and oxygen atoms in total. The van der Waals surface area contributed by atoms with E-state index in [0.717, 1.165) is 16.8 Å². The fraction of sp³-hybridized carbons (Fsp3) is 0.227. The molecule has 0 spiro atoms. The Hall–Kier alpha value is -3.61. The first-order valence-corrected chi connectivity index (χ1v) is 9.31. The maximum atomic E-state index is 12.4. The number of benzene rings is 2. The van der Waals surface area contributed by atoms with Crippen LogP contribution < -0.4 is 14.8 Å². The molecule has 0 radical (unpaired) electrons. The SMILES string of the molecule is COc1cc([C@H]2C(C(C)=O)=C(C)Nc3ncnn32)ccc1OCc1ccccc1. The number of hydrogen-bond acceptors (Lipinski definition) is 6. The Morgan fingerprint density at radius 3 is 2.69 bits per heavy atom. The molecular formula is C22H22N4O3. The van der Waals surface area contributed by atoms with Gasteiger partial charge in [0, 0.05) is 11.3 Å². The lowest BCUT2D eigenvalue weighted by Gasteiger charge is -2.28. The molecule has 1 aliphatic heterocycles. The van der Waals surface area contributed by atoms with Crippen molar-refractivity contribution in [3.63, 3.8) is 0 Å². The van der Waals surface area contributed by atoms with E-state index in [4.69, 9.17) is 9.47 Å². The van der Waals surface area contributed by atoms with E-state index in [-0.39, 0.29) is 11.8 Å². The van der Waals surface area contributed by atoms with Gasteiger partial charge in [-0.15, -0.1) is 0 Å². The summed E-state index contributed by atoms with van der Waals surface area (Å²) in [4.78, 5) is 16.6. The zero-order valence-electron chi connectivity index (χ0n) is 16.5. The van der Waals surface area contributed by atoms with Crippen LogP contribution in [-0.4, -0.2) is 27.7 Å². The molecule has 0 fully saturated rings. The number of rotatable bonds is 6. The predicted octanol–water partition coefficient (Wildman–Crippen LogP) is 3.74. The number of nitrogens with one attached hydrogen (secondary N) is 1. The van der Waals surface area contributed by atoms with Crippen molar-refractivity contribution in [3.05, 3.63) is 77.3 Å². The van der Waals surface area contributed by atoms with Crippen LogP contribution in [0.4, 0.5) is 5.95 Å². The number of carbonyl (C=O) groups excluding carboxylic acids is 1. The highest BCUT2D eigenvalue weighted by Crippen LogP contribution is 2.38. The van der Waals surface area contributed by atoms with Crippen molar-refractivity contribution in [1.29, 1.82) is 0 Å². The average molecular weight is 390 g/mol. The number of allylic oxidation sites excluding steroid dienone is 2. The number of Topliss-reactive ketones (excluding diaryl/α,β-unsaturated/α-hetero) is 1. The number of ketones is 1. The lowest BCUT2D eigenvalue weighted by Crippen LogP contribution is -2.27. The molecule has 4 rings (SSSR count). The van der Waals surface area contributed by atoms with Crippen molar-refractivity contribution in [3.8, 4) is 11.5 Å². The van der Waals surface area contributed by atoms with E-state index in [2.05, 4.69) is 15.4 Å². The molecule has 29 heavy (non-hydrogen) atoms. The highest BCUT2D eigenvalue weighted by molar-refractivity contribution is 5.96. The molecule has 7 heteroatoms. The number of methoxy groups -OCH3 is 1. The van der Waals surface area contributed by atoms with Crippen LogP contribution >= 0.6 is 0 Å². The fourth-order valence-electron chi connectivity index (χ4n) is 3.56. The number of anilines is 1. The van der Waals surface area contributed by atoms with Crippen LogP contribution in [0.25, 0.3) is 0 Å². The summed E-state index contributed by atoms with van der Waals surface area (Å²) >= 11 is 0. The number of fused-ring (bicyclic) bond motifs is 1. The number of hydrogen-bond donors (Lipinski definition) is 1. The summed E-state index contributed by atoms with van der Waals surface area (Å²) in [5.74, 6) is 1.81. The van der Waals surface area contributed by atoms with E-state index >= 15 is 0 Å². The number of ether oxygens (including phenoxy) is 2. The Morgan fingerprint density at radius 1 is 1.17 bits per heavy atom. The molecule has 1 N–H and O–H groups in total. The van der Waals surface area contributed by atoms with Crippen molar-refractivity contribution >= 4 is 11.7 Å². The minimum atomic E-state index is -0.386. The van der Waals surface area contributed by atoms with Gasteiger partial charge in [-0.2, -0.15) is 10.1 Å². The first kappa shape index (κ1) is 18.7.